The lowest BCUT2D eigenvalue weighted by molar-refractivity contribution is -0.138. The number of rotatable bonds is 4. The van der Waals surface area contributed by atoms with Crippen LogP contribution in [0.3, 0.4) is 0 Å². The first-order valence-corrected chi connectivity index (χ1v) is 4.13. The van der Waals surface area contributed by atoms with Crippen molar-refractivity contribution in [2.45, 2.75) is 11.8 Å². The molecule has 0 amide bonds. The van der Waals surface area contributed by atoms with Gasteiger partial charge < -0.3 is 9.84 Å². The second-order valence-electron chi connectivity index (χ2n) is 1.85. The monoisotopic (exact) mass is 227 g/mol. The Hall–Kier alpha value is -0.810. The number of alkyl halides is 2. The zero-order chi connectivity index (χ0) is 10.4. The number of nitroso groups, excluding NO2 is 1. The number of halogens is 2. The lowest BCUT2D eigenvalue weighted by Gasteiger charge is -2.03. The lowest BCUT2D eigenvalue weighted by atomic mass is 10.4. The summed E-state index contributed by atoms with van der Waals surface area (Å²) < 4.78 is 4.40. The van der Waals surface area contributed by atoms with Gasteiger partial charge in [-0.15, -0.1) is 4.91 Å². The fraction of sp³-hybridized carbons (Fsp3) is 0.500. The van der Waals surface area contributed by atoms with E-state index in [1.807, 2.05) is 0 Å². The molecule has 13 heavy (non-hydrogen) atoms. The predicted octanol–water partition coefficient (Wildman–Crippen LogP) is 1.89. The van der Waals surface area contributed by atoms with Crippen LogP contribution in [-0.2, 0) is 9.53 Å². The first-order valence-electron chi connectivity index (χ1n) is 3.26. The molecule has 0 saturated heterocycles. The van der Waals surface area contributed by atoms with Gasteiger partial charge in [0.05, 0.1) is 6.61 Å². The Morgan fingerprint density at radius 1 is 1.62 bits per heavy atom. The summed E-state index contributed by atoms with van der Waals surface area (Å²) in [5.74, 6) is -1.86. The van der Waals surface area contributed by atoms with Crippen molar-refractivity contribution in [3.05, 3.63) is 16.4 Å². The van der Waals surface area contributed by atoms with E-state index in [9.17, 15) is 9.70 Å². The maximum Gasteiger partial charge on any atom is 0.364 e. The number of aliphatic hydroxyl groups is 1. The van der Waals surface area contributed by atoms with Gasteiger partial charge >= 0.3 is 5.97 Å². The molecule has 0 rings (SSSR count). The zero-order valence-electron chi connectivity index (χ0n) is 6.66. The van der Waals surface area contributed by atoms with Crippen molar-refractivity contribution in [3.63, 3.8) is 0 Å². The molecular weight excluding hydrogens is 221 g/mol. The van der Waals surface area contributed by atoms with Crippen LogP contribution in [0, 0.1) is 4.91 Å². The molecule has 5 nitrogen and oxygen atoms in total. The maximum atomic E-state index is 10.9. The molecule has 0 fully saturated rings. The third-order valence-corrected chi connectivity index (χ3v) is 1.42. The second-order valence-corrected chi connectivity index (χ2v) is 2.94. The number of carbonyl (C=O) groups excluding carboxylic acids is 1. The average Bonchev–Trinajstić information content (AvgIpc) is 2.05. The summed E-state index contributed by atoms with van der Waals surface area (Å²) in [5.41, 5.74) is -0.808. The highest BCUT2D eigenvalue weighted by atomic mass is 35.5. The van der Waals surface area contributed by atoms with Gasteiger partial charge in [-0.2, -0.15) is 0 Å². The standard InChI is InChI=1S/C6H7Cl2NO4/c1-2-13-6(11)3(9-12)4(10)5(7)8/h5,10H,2H2,1H3. The third kappa shape index (κ3) is 3.61. The van der Waals surface area contributed by atoms with Crippen LogP contribution in [0.1, 0.15) is 6.92 Å². The van der Waals surface area contributed by atoms with Gasteiger partial charge in [0.25, 0.3) is 0 Å². The Kier molecular flexibility index (Phi) is 5.41. The van der Waals surface area contributed by atoms with Crippen LogP contribution < -0.4 is 0 Å². The van der Waals surface area contributed by atoms with Crippen molar-refractivity contribution in [2.75, 3.05) is 6.61 Å². The number of esters is 1. The summed E-state index contributed by atoms with van der Waals surface area (Å²) in [5, 5.41) is 11.3. The molecule has 1 N–H and O–H groups in total. The summed E-state index contributed by atoms with van der Waals surface area (Å²) in [7, 11) is 0. The van der Waals surface area contributed by atoms with E-state index in [2.05, 4.69) is 9.91 Å². The minimum Gasteiger partial charge on any atom is -0.507 e. The predicted molar refractivity (Wildman–Crippen MR) is 47.6 cm³/mol. The van der Waals surface area contributed by atoms with Gasteiger partial charge in [-0.05, 0) is 12.1 Å². The van der Waals surface area contributed by atoms with Crippen molar-refractivity contribution in [1.29, 1.82) is 0 Å². The first-order chi connectivity index (χ1) is 6.04. The van der Waals surface area contributed by atoms with Crippen molar-refractivity contribution in [2.24, 2.45) is 5.18 Å². The highest BCUT2D eigenvalue weighted by Crippen LogP contribution is 2.17. The highest BCUT2D eigenvalue weighted by Gasteiger charge is 2.21. The van der Waals surface area contributed by atoms with E-state index in [0.29, 0.717) is 0 Å². The van der Waals surface area contributed by atoms with Gasteiger partial charge in [-0.3, -0.25) is 0 Å². The van der Waals surface area contributed by atoms with Crippen LogP contribution in [0.15, 0.2) is 16.6 Å². The van der Waals surface area contributed by atoms with Crippen LogP contribution in [0.5, 0.6) is 0 Å². The van der Waals surface area contributed by atoms with Crippen LogP contribution in [-0.4, -0.2) is 22.5 Å². The van der Waals surface area contributed by atoms with Crippen molar-refractivity contribution in [1.82, 2.24) is 0 Å². The van der Waals surface area contributed by atoms with E-state index in [-0.39, 0.29) is 6.61 Å². The molecule has 0 aliphatic heterocycles. The number of carbonyl (C=O) groups is 1. The van der Waals surface area contributed by atoms with Gasteiger partial charge in [0.2, 0.25) is 5.70 Å². The third-order valence-electron chi connectivity index (χ3n) is 1.01. The quantitative estimate of drug-likeness (QED) is 0.262. The van der Waals surface area contributed by atoms with E-state index in [1.54, 1.807) is 0 Å². The van der Waals surface area contributed by atoms with Crippen LogP contribution in [0.25, 0.3) is 0 Å². The summed E-state index contributed by atoms with van der Waals surface area (Å²) in [6.07, 6.45) is 0. The topological polar surface area (TPSA) is 76.0 Å². The van der Waals surface area contributed by atoms with E-state index in [0.717, 1.165) is 0 Å². The van der Waals surface area contributed by atoms with Crippen molar-refractivity contribution < 1.29 is 14.6 Å². The summed E-state index contributed by atoms with van der Waals surface area (Å²) in [6.45, 7) is 1.59. The van der Waals surface area contributed by atoms with Gasteiger partial charge in [0, 0.05) is 0 Å². The van der Waals surface area contributed by atoms with Crippen molar-refractivity contribution in [3.8, 4) is 0 Å². The van der Waals surface area contributed by atoms with Crippen LogP contribution in [0.2, 0.25) is 0 Å². The van der Waals surface area contributed by atoms with Crippen molar-refractivity contribution >= 4 is 29.2 Å². The number of ether oxygens (including phenoxy) is 1. The molecule has 74 valence electrons. The molecule has 0 unspecified atom stereocenters. The van der Waals surface area contributed by atoms with Gasteiger partial charge in [-0.25, -0.2) is 4.79 Å². The Labute approximate surface area is 84.2 Å². The number of allylic oxidation sites excluding steroid dienone is 1. The normalized spacial score (nSPS) is 12.3. The van der Waals surface area contributed by atoms with E-state index < -0.39 is 22.3 Å². The number of hydrogen-bond acceptors (Lipinski definition) is 5. The SMILES string of the molecule is CCOC(=O)C(N=O)=C(O)C(Cl)Cl. The average molecular weight is 228 g/mol. The second kappa shape index (κ2) is 5.77. The molecule has 0 aromatic rings. The molecule has 0 aliphatic rings. The van der Waals surface area contributed by atoms with Crippen LogP contribution >= 0.6 is 23.2 Å². The molecule has 0 saturated carbocycles. The summed E-state index contributed by atoms with van der Waals surface area (Å²) in [6, 6.07) is 0. The molecular formula is C6H7Cl2NO4. The molecule has 0 aromatic carbocycles. The van der Waals surface area contributed by atoms with Gasteiger partial charge in [-0.1, -0.05) is 23.2 Å². The largest absolute Gasteiger partial charge is 0.507 e. The molecule has 0 aromatic heterocycles. The summed E-state index contributed by atoms with van der Waals surface area (Å²) >= 11 is 10.4. The molecule has 0 aliphatic carbocycles. The fourth-order valence-electron chi connectivity index (χ4n) is 0.491. The minimum atomic E-state index is -1.38. The lowest BCUT2D eigenvalue weighted by Crippen LogP contribution is -2.11. The molecule has 0 radical (unpaired) electrons. The van der Waals surface area contributed by atoms with Gasteiger partial charge in [0.1, 0.15) is 0 Å². The molecule has 0 heterocycles. The number of aliphatic hydroxyl groups excluding tert-OH is 1. The Balaban J connectivity index is 4.77. The molecule has 0 spiro atoms. The fourth-order valence-corrected chi connectivity index (χ4v) is 0.698. The van der Waals surface area contributed by atoms with E-state index in [1.165, 1.54) is 6.92 Å². The number of nitrogens with zero attached hydrogens (tertiary/aromatic N) is 1. The zero-order valence-corrected chi connectivity index (χ0v) is 8.17. The van der Waals surface area contributed by atoms with E-state index in [4.69, 9.17) is 28.3 Å². The Bertz CT molecular complexity index is 239. The summed E-state index contributed by atoms with van der Waals surface area (Å²) in [4.78, 5) is 19.6. The maximum absolute atomic E-state index is 10.9. The number of hydrogen-bond donors (Lipinski definition) is 1. The van der Waals surface area contributed by atoms with Gasteiger partial charge in [0.15, 0.2) is 10.6 Å². The Morgan fingerprint density at radius 3 is 2.46 bits per heavy atom. The van der Waals surface area contributed by atoms with Crippen LogP contribution in [0.4, 0.5) is 0 Å². The minimum absolute atomic E-state index is 0.0559. The molecule has 0 bridgehead atoms. The Morgan fingerprint density at radius 2 is 2.15 bits per heavy atom. The highest BCUT2D eigenvalue weighted by molar-refractivity contribution is 6.46. The van der Waals surface area contributed by atoms with E-state index >= 15 is 0 Å². The first kappa shape index (κ1) is 12.2. The molecule has 7 heteroatoms. The smallest absolute Gasteiger partial charge is 0.364 e. The molecule has 0 atom stereocenters.